The van der Waals surface area contributed by atoms with Crippen LogP contribution in [0.15, 0.2) is 30.5 Å². The Morgan fingerprint density at radius 1 is 1.17 bits per heavy atom. The molecule has 1 unspecified atom stereocenters. The van der Waals surface area contributed by atoms with E-state index in [4.69, 9.17) is 10.7 Å². The minimum absolute atomic E-state index is 0. The summed E-state index contributed by atoms with van der Waals surface area (Å²) < 4.78 is 1.89. The van der Waals surface area contributed by atoms with E-state index < -0.39 is 0 Å². The maximum atomic E-state index is 6.39. The topological polar surface area (TPSA) is 85.4 Å². The fourth-order valence-electron chi connectivity index (χ4n) is 4.56. The molecule has 0 aliphatic heterocycles. The van der Waals surface area contributed by atoms with Crippen molar-refractivity contribution in [3.63, 3.8) is 0 Å². The normalized spacial score (nSPS) is 16.2. The number of H-pyrrole nitrogens is 1. The molecule has 7 heteroatoms. The van der Waals surface area contributed by atoms with Crippen LogP contribution in [0.2, 0.25) is 0 Å². The molecular weight excluding hydrogens is 396 g/mol. The minimum Gasteiger partial charge on any atom is -0.324 e. The highest BCUT2D eigenvalue weighted by Crippen LogP contribution is 2.34. The first-order valence-corrected chi connectivity index (χ1v) is 10.3. The number of nitrogens with zero attached hydrogens (tertiary/aromatic N) is 4. The lowest BCUT2D eigenvalue weighted by Gasteiger charge is -2.14. The molecule has 1 aliphatic carbocycles. The van der Waals surface area contributed by atoms with Crippen LogP contribution in [0.5, 0.6) is 0 Å². The number of hydrogen-bond donors (Lipinski definition) is 2. The van der Waals surface area contributed by atoms with Crippen molar-refractivity contribution < 1.29 is 0 Å². The van der Waals surface area contributed by atoms with Gasteiger partial charge in [0.05, 0.1) is 11.3 Å². The lowest BCUT2D eigenvalue weighted by molar-refractivity contribution is 0.615. The second kappa shape index (κ2) is 7.85. The lowest BCUT2D eigenvalue weighted by atomic mass is 9.94. The molecule has 3 aromatic heterocycles. The third-order valence-electron chi connectivity index (χ3n) is 6.20. The van der Waals surface area contributed by atoms with Gasteiger partial charge in [-0.1, -0.05) is 24.6 Å². The molecule has 0 bridgehead atoms. The van der Waals surface area contributed by atoms with E-state index in [0.717, 1.165) is 52.3 Å². The van der Waals surface area contributed by atoms with Crippen LogP contribution in [0.25, 0.3) is 33.7 Å². The van der Waals surface area contributed by atoms with Gasteiger partial charge in [-0.25, -0.2) is 9.97 Å². The number of fused-ring (bicyclic) bond motifs is 2. The monoisotopic (exact) mass is 422 g/mol. The summed E-state index contributed by atoms with van der Waals surface area (Å²) >= 11 is 0. The highest BCUT2D eigenvalue weighted by atomic mass is 35.5. The molecule has 4 aromatic rings. The van der Waals surface area contributed by atoms with Crippen molar-refractivity contribution in [1.82, 2.24) is 24.7 Å². The van der Waals surface area contributed by atoms with E-state index in [0.29, 0.717) is 0 Å². The maximum absolute atomic E-state index is 6.39. The molecule has 0 saturated carbocycles. The van der Waals surface area contributed by atoms with E-state index in [9.17, 15) is 0 Å². The van der Waals surface area contributed by atoms with E-state index in [2.05, 4.69) is 40.2 Å². The average molecular weight is 423 g/mol. The van der Waals surface area contributed by atoms with Crippen LogP contribution in [0.1, 0.15) is 47.8 Å². The smallest absolute Gasteiger partial charge is 0.158 e. The average Bonchev–Trinajstić information content (AvgIpc) is 3.17. The zero-order valence-corrected chi connectivity index (χ0v) is 18.4. The van der Waals surface area contributed by atoms with Crippen molar-refractivity contribution in [2.75, 3.05) is 0 Å². The number of nitrogens with one attached hydrogen (secondary N) is 1. The van der Waals surface area contributed by atoms with Crippen LogP contribution in [0.3, 0.4) is 0 Å². The summed E-state index contributed by atoms with van der Waals surface area (Å²) in [6, 6.07) is 8.87. The van der Waals surface area contributed by atoms with Gasteiger partial charge in [0.15, 0.2) is 5.65 Å². The Morgan fingerprint density at radius 2 is 2.00 bits per heavy atom. The second-order valence-corrected chi connectivity index (χ2v) is 8.08. The van der Waals surface area contributed by atoms with E-state index in [1.54, 1.807) is 0 Å². The molecule has 0 amide bonds. The number of aromatic amines is 1. The molecular formula is C23H27ClN6. The van der Waals surface area contributed by atoms with Crippen LogP contribution in [-0.4, -0.2) is 24.7 Å². The second-order valence-electron chi connectivity index (χ2n) is 8.08. The summed E-state index contributed by atoms with van der Waals surface area (Å²) in [4.78, 5) is 12.9. The Morgan fingerprint density at radius 3 is 2.77 bits per heavy atom. The summed E-state index contributed by atoms with van der Waals surface area (Å²) in [5.41, 5.74) is 16.1. The van der Waals surface area contributed by atoms with E-state index in [-0.39, 0.29) is 18.4 Å². The Kier molecular flexibility index (Phi) is 5.38. The van der Waals surface area contributed by atoms with Gasteiger partial charge in [-0.15, -0.1) is 12.4 Å². The Hall–Kier alpha value is -2.70. The van der Waals surface area contributed by atoms with Gasteiger partial charge in [0.1, 0.15) is 11.3 Å². The van der Waals surface area contributed by atoms with Crippen LogP contribution in [0, 0.1) is 13.8 Å². The standard InChI is InChI=1S/C23H26N6.ClH/c1-13-20(14(2)29(3)28-13)22-26-21-18(10-11-25-23(21)27-22)16-8-9-17-15(12-16)6-4-5-7-19(17)24;/h8-12,19H,4-7,24H2,1-3H3,(H,25,26,27);1H. The highest BCUT2D eigenvalue weighted by molar-refractivity contribution is 5.91. The summed E-state index contributed by atoms with van der Waals surface area (Å²) in [6.45, 7) is 4.08. The molecule has 6 nitrogen and oxygen atoms in total. The van der Waals surface area contributed by atoms with Crippen molar-refractivity contribution in [1.29, 1.82) is 0 Å². The van der Waals surface area contributed by atoms with Crippen molar-refractivity contribution in [3.05, 3.63) is 53.0 Å². The molecule has 5 rings (SSSR count). The van der Waals surface area contributed by atoms with E-state index in [1.807, 2.05) is 30.9 Å². The molecule has 156 valence electrons. The molecule has 0 fully saturated rings. The molecule has 3 heterocycles. The van der Waals surface area contributed by atoms with Gasteiger partial charge < -0.3 is 10.7 Å². The third-order valence-corrected chi connectivity index (χ3v) is 6.20. The molecule has 0 saturated heterocycles. The predicted molar refractivity (Wildman–Crippen MR) is 123 cm³/mol. The number of benzene rings is 1. The van der Waals surface area contributed by atoms with Crippen LogP contribution in [0.4, 0.5) is 0 Å². The lowest BCUT2D eigenvalue weighted by Crippen LogP contribution is -2.10. The SMILES string of the molecule is Cc1nn(C)c(C)c1-c1nc2c(-c3ccc4c(c3)CCCCC4N)ccnc2[nH]1.Cl. The summed E-state index contributed by atoms with van der Waals surface area (Å²) in [7, 11) is 1.96. The molecule has 0 radical (unpaired) electrons. The molecule has 1 atom stereocenters. The number of nitrogens with two attached hydrogens (primary N) is 1. The molecule has 30 heavy (non-hydrogen) atoms. The number of halogens is 1. The van der Waals surface area contributed by atoms with Gasteiger partial charge in [0.2, 0.25) is 0 Å². The molecule has 0 spiro atoms. The highest BCUT2D eigenvalue weighted by Gasteiger charge is 2.19. The van der Waals surface area contributed by atoms with Gasteiger partial charge in [0, 0.05) is 30.5 Å². The number of hydrogen-bond acceptors (Lipinski definition) is 4. The zero-order valence-electron chi connectivity index (χ0n) is 17.6. The van der Waals surface area contributed by atoms with Crippen molar-refractivity contribution >= 4 is 23.6 Å². The van der Waals surface area contributed by atoms with Gasteiger partial charge in [-0.3, -0.25) is 4.68 Å². The van der Waals surface area contributed by atoms with Crippen molar-refractivity contribution in [3.8, 4) is 22.5 Å². The van der Waals surface area contributed by atoms with Gasteiger partial charge in [0.25, 0.3) is 0 Å². The molecule has 1 aromatic carbocycles. The van der Waals surface area contributed by atoms with Gasteiger partial charge in [-0.2, -0.15) is 5.10 Å². The predicted octanol–water partition coefficient (Wildman–Crippen LogP) is 4.79. The Labute approximate surface area is 182 Å². The first-order chi connectivity index (χ1) is 14.0. The van der Waals surface area contributed by atoms with E-state index in [1.165, 1.54) is 29.5 Å². The zero-order chi connectivity index (χ0) is 20.1. The largest absolute Gasteiger partial charge is 0.324 e. The fraction of sp³-hybridized carbons (Fsp3) is 0.348. The minimum atomic E-state index is 0. The van der Waals surface area contributed by atoms with Gasteiger partial charge in [-0.05, 0) is 55.9 Å². The number of rotatable bonds is 2. The number of pyridine rings is 1. The number of aryl methyl sites for hydroxylation is 3. The summed E-state index contributed by atoms with van der Waals surface area (Å²) in [6.07, 6.45) is 6.39. The molecule has 1 aliphatic rings. The van der Waals surface area contributed by atoms with Crippen LogP contribution >= 0.6 is 12.4 Å². The third kappa shape index (κ3) is 3.30. The van der Waals surface area contributed by atoms with Crippen LogP contribution < -0.4 is 5.73 Å². The first-order valence-electron chi connectivity index (χ1n) is 10.3. The Balaban J connectivity index is 0.00000218. The summed E-state index contributed by atoms with van der Waals surface area (Å²) in [5.74, 6) is 0.819. The van der Waals surface area contributed by atoms with Crippen LogP contribution in [-0.2, 0) is 13.5 Å². The van der Waals surface area contributed by atoms with Gasteiger partial charge >= 0.3 is 0 Å². The number of imidazole rings is 1. The fourth-order valence-corrected chi connectivity index (χ4v) is 4.56. The van der Waals surface area contributed by atoms with Crippen molar-refractivity contribution in [2.45, 2.75) is 45.6 Å². The quantitative estimate of drug-likeness (QED) is 0.455. The first kappa shape index (κ1) is 20.6. The maximum Gasteiger partial charge on any atom is 0.158 e. The number of aromatic nitrogens is 5. The van der Waals surface area contributed by atoms with Crippen molar-refractivity contribution in [2.24, 2.45) is 12.8 Å². The van der Waals surface area contributed by atoms with E-state index >= 15 is 0 Å². The summed E-state index contributed by atoms with van der Waals surface area (Å²) in [5, 5.41) is 4.53. The Bertz CT molecular complexity index is 1220. The molecule has 3 N–H and O–H groups in total.